The number of fused-ring (bicyclic) bond motifs is 2. The van der Waals surface area contributed by atoms with Crippen LogP contribution in [0.5, 0.6) is 0 Å². The van der Waals surface area contributed by atoms with Crippen LogP contribution < -0.4 is 0 Å². The third-order valence-electron chi connectivity index (χ3n) is 5.36. The zero-order valence-electron chi connectivity index (χ0n) is 14.6. The van der Waals surface area contributed by atoms with E-state index in [0.717, 1.165) is 33.2 Å². The number of nitrogens with zero attached hydrogens (tertiary/aromatic N) is 4. The summed E-state index contributed by atoms with van der Waals surface area (Å²) in [5.41, 5.74) is 7.72. The fourth-order valence-corrected chi connectivity index (χ4v) is 3.76. The van der Waals surface area contributed by atoms with Gasteiger partial charge in [0.2, 0.25) is 0 Å². The van der Waals surface area contributed by atoms with Gasteiger partial charge in [0.15, 0.2) is 0 Å². The molecule has 0 spiro atoms. The summed E-state index contributed by atoms with van der Waals surface area (Å²) in [6.45, 7) is 0. The van der Waals surface area contributed by atoms with Crippen LogP contribution >= 0.6 is 0 Å². The third kappa shape index (κ3) is 2.35. The van der Waals surface area contributed by atoms with Gasteiger partial charge in [-0.2, -0.15) is 5.10 Å². The van der Waals surface area contributed by atoms with Gasteiger partial charge in [-0.1, -0.05) is 6.07 Å². The smallest absolute Gasteiger partial charge is 0.138 e. The molecule has 5 heteroatoms. The van der Waals surface area contributed by atoms with Gasteiger partial charge in [-0.05, 0) is 48.7 Å². The molecular weight excluding hydrogens is 334 g/mol. The van der Waals surface area contributed by atoms with Gasteiger partial charge in [0.1, 0.15) is 5.65 Å². The zero-order valence-corrected chi connectivity index (χ0v) is 14.6. The van der Waals surface area contributed by atoms with Crippen molar-refractivity contribution >= 4 is 16.6 Å². The lowest BCUT2D eigenvalue weighted by Gasteiger charge is -2.04. The Bertz CT molecular complexity index is 1280. The van der Waals surface area contributed by atoms with E-state index in [2.05, 4.69) is 51.6 Å². The first-order valence-corrected chi connectivity index (χ1v) is 9.23. The lowest BCUT2D eigenvalue weighted by molar-refractivity contribution is 0.962. The highest BCUT2D eigenvalue weighted by atomic mass is 15.2. The van der Waals surface area contributed by atoms with Gasteiger partial charge in [0.05, 0.1) is 11.7 Å². The summed E-state index contributed by atoms with van der Waals surface area (Å²) in [6, 6.07) is 12.7. The van der Waals surface area contributed by atoms with Gasteiger partial charge < -0.3 is 4.98 Å². The minimum absolute atomic E-state index is 0.659. The third-order valence-corrected chi connectivity index (χ3v) is 5.36. The second-order valence-corrected chi connectivity index (χ2v) is 7.15. The van der Waals surface area contributed by atoms with Crippen molar-refractivity contribution in [2.75, 3.05) is 0 Å². The van der Waals surface area contributed by atoms with Gasteiger partial charge in [-0.25, -0.2) is 9.50 Å². The van der Waals surface area contributed by atoms with Crippen LogP contribution in [-0.4, -0.2) is 24.6 Å². The molecule has 0 amide bonds. The molecule has 5 nitrogen and oxygen atoms in total. The molecule has 0 radical (unpaired) electrons. The van der Waals surface area contributed by atoms with Crippen LogP contribution in [0.1, 0.15) is 24.5 Å². The van der Waals surface area contributed by atoms with Gasteiger partial charge >= 0.3 is 0 Å². The maximum Gasteiger partial charge on any atom is 0.138 e. The lowest BCUT2D eigenvalue weighted by atomic mass is 10.0. The Balaban J connectivity index is 1.50. The molecule has 1 fully saturated rings. The fourth-order valence-electron chi connectivity index (χ4n) is 3.76. The summed E-state index contributed by atoms with van der Waals surface area (Å²) in [7, 11) is 0. The highest BCUT2D eigenvalue weighted by molar-refractivity contribution is 5.95. The number of pyridine rings is 3. The fraction of sp³-hybridized carbons (Fsp3) is 0.136. The Morgan fingerprint density at radius 2 is 1.96 bits per heavy atom. The van der Waals surface area contributed by atoms with Gasteiger partial charge in [0, 0.05) is 58.5 Å². The average Bonchev–Trinajstić information content (AvgIpc) is 3.35. The zero-order chi connectivity index (χ0) is 17.8. The van der Waals surface area contributed by atoms with Crippen molar-refractivity contribution in [2.24, 2.45) is 0 Å². The maximum atomic E-state index is 4.82. The lowest BCUT2D eigenvalue weighted by Crippen LogP contribution is -1.88. The predicted molar refractivity (Wildman–Crippen MR) is 105 cm³/mol. The molecule has 27 heavy (non-hydrogen) atoms. The first kappa shape index (κ1) is 14.7. The first-order chi connectivity index (χ1) is 13.4. The van der Waals surface area contributed by atoms with E-state index in [1.54, 1.807) is 6.20 Å². The molecule has 0 unspecified atom stereocenters. The predicted octanol–water partition coefficient (Wildman–Crippen LogP) is 4.82. The summed E-state index contributed by atoms with van der Waals surface area (Å²) < 4.78 is 1.91. The summed E-state index contributed by atoms with van der Waals surface area (Å²) in [6.07, 6.45) is 12.2. The van der Waals surface area contributed by atoms with Crippen LogP contribution in [0, 0.1) is 0 Å². The van der Waals surface area contributed by atoms with Crippen molar-refractivity contribution in [1.29, 1.82) is 0 Å². The van der Waals surface area contributed by atoms with Crippen molar-refractivity contribution in [3.05, 3.63) is 73.1 Å². The van der Waals surface area contributed by atoms with Gasteiger partial charge in [-0.15, -0.1) is 0 Å². The quantitative estimate of drug-likeness (QED) is 0.507. The van der Waals surface area contributed by atoms with Crippen molar-refractivity contribution in [1.82, 2.24) is 24.6 Å². The van der Waals surface area contributed by atoms with E-state index in [0.29, 0.717) is 5.92 Å². The Labute approximate surface area is 155 Å². The Kier molecular flexibility index (Phi) is 3.00. The van der Waals surface area contributed by atoms with E-state index in [-0.39, 0.29) is 0 Å². The maximum absolute atomic E-state index is 4.82. The van der Waals surface area contributed by atoms with E-state index < -0.39 is 0 Å². The van der Waals surface area contributed by atoms with Crippen LogP contribution in [0.2, 0.25) is 0 Å². The molecule has 0 bridgehead atoms. The van der Waals surface area contributed by atoms with Crippen molar-refractivity contribution in [3.8, 4) is 22.3 Å². The number of hydrogen-bond donors (Lipinski definition) is 1. The molecule has 130 valence electrons. The van der Waals surface area contributed by atoms with Crippen LogP contribution in [0.15, 0.2) is 67.4 Å². The molecule has 0 saturated heterocycles. The Morgan fingerprint density at radius 3 is 2.81 bits per heavy atom. The summed E-state index contributed by atoms with van der Waals surface area (Å²) in [5, 5.41) is 5.64. The van der Waals surface area contributed by atoms with Crippen LogP contribution in [0.4, 0.5) is 0 Å². The summed E-state index contributed by atoms with van der Waals surface area (Å²) in [4.78, 5) is 12.4. The first-order valence-electron chi connectivity index (χ1n) is 9.23. The molecule has 6 rings (SSSR count). The number of rotatable bonds is 3. The molecular formula is C22H17N5. The second kappa shape index (κ2) is 5.51. The van der Waals surface area contributed by atoms with Crippen molar-refractivity contribution < 1.29 is 0 Å². The number of aromatic amines is 1. The highest BCUT2D eigenvalue weighted by Gasteiger charge is 2.25. The normalized spacial score (nSPS) is 14.2. The Morgan fingerprint density at radius 1 is 1.00 bits per heavy atom. The number of nitrogens with one attached hydrogen (secondary N) is 1. The number of H-pyrrole nitrogens is 1. The Hall–Kier alpha value is -3.47. The largest absolute Gasteiger partial charge is 0.346 e. The van der Waals surface area contributed by atoms with E-state index in [1.165, 1.54) is 24.1 Å². The molecule has 5 aromatic heterocycles. The minimum atomic E-state index is 0.659. The SMILES string of the molecule is c1cncc(-c2cnn3ccc(-c4c[nH]c5nc(C6CC6)ccc45)cc23)c1. The molecule has 1 N–H and O–H groups in total. The molecule has 0 atom stereocenters. The minimum Gasteiger partial charge on any atom is -0.346 e. The van der Waals surface area contributed by atoms with Crippen molar-refractivity contribution in [2.45, 2.75) is 18.8 Å². The van der Waals surface area contributed by atoms with Gasteiger partial charge in [0.25, 0.3) is 0 Å². The summed E-state index contributed by atoms with van der Waals surface area (Å²) >= 11 is 0. The summed E-state index contributed by atoms with van der Waals surface area (Å²) in [5.74, 6) is 0.659. The monoisotopic (exact) mass is 351 g/mol. The topological polar surface area (TPSA) is 58.9 Å². The average molecular weight is 351 g/mol. The number of aromatic nitrogens is 5. The van der Waals surface area contributed by atoms with Crippen LogP contribution in [0.25, 0.3) is 38.8 Å². The molecule has 1 aliphatic rings. The van der Waals surface area contributed by atoms with E-state index >= 15 is 0 Å². The molecule has 0 aromatic carbocycles. The molecule has 5 heterocycles. The van der Waals surface area contributed by atoms with E-state index in [4.69, 9.17) is 4.98 Å². The molecule has 1 aliphatic carbocycles. The van der Waals surface area contributed by atoms with Crippen LogP contribution in [0.3, 0.4) is 0 Å². The molecule has 0 aliphatic heterocycles. The molecule has 5 aromatic rings. The standard InChI is InChI=1S/C22H17N5/c1-2-16(11-23-8-1)19-13-25-27-9-7-15(10-21(19)27)18-12-24-22-17(18)5-6-20(26-22)14-3-4-14/h1-2,5-14H,3-4H2,(H,24,26). The molecule has 1 saturated carbocycles. The van der Waals surface area contributed by atoms with Crippen molar-refractivity contribution in [3.63, 3.8) is 0 Å². The number of hydrogen-bond acceptors (Lipinski definition) is 3. The highest BCUT2D eigenvalue weighted by Crippen LogP contribution is 2.40. The van der Waals surface area contributed by atoms with E-state index in [1.807, 2.05) is 29.2 Å². The second-order valence-electron chi connectivity index (χ2n) is 7.15. The van der Waals surface area contributed by atoms with Crippen LogP contribution in [-0.2, 0) is 0 Å². The van der Waals surface area contributed by atoms with E-state index in [9.17, 15) is 0 Å². The van der Waals surface area contributed by atoms with Gasteiger partial charge in [-0.3, -0.25) is 4.98 Å².